The van der Waals surface area contributed by atoms with E-state index < -0.39 is 0 Å². The summed E-state index contributed by atoms with van der Waals surface area (Å²) in [5.74, 6) is 0. The minimum absolute atomic E-state index is 0.155. The fourth-order valence-electron chi connectivity index (χ4n) is 1.47. The quantitative estimate of drug-likeness (QED) is 0.844. The molecule has 0 heterocycles. The molecule has 2 N–H and O–H groups in total. The normalized spacial score (nSPS) is 12.0. The van der Waals surface area contributed by atoms with Crippen LogP contribution in [0.4, 0.5) is 10.5 Å². The van der Waals surface area contributed by atoms with Crippen molar-refractivity contribution in [1.82, 2.24) is 5.32 Å². The third-order valence-electron chi connectivity index (χ3n) is 2.28. The molecule has 0 saturated heterocycles. The Balaban J connectivity index is 2.53. The molecular weight excluding hydrogens is 259 g/mol. The van der Waals surface area contributed by atoms with E-state index in [-0.39, 0.29) is 12.1 Å². The number of carbonyl (C=O) groups is 1. The van der Waals surface area contributed by atoms with Crippen LogP contribution in [0.25, 0.3) is 0 Å². The van der Waals surface area contributed by atoms with Crippen LogP contribution in [0.3, 0.4) is 0 Å². The number of hydrogen-bond donors (Lipinski definition) is 2. The van der Waals surface area contributed by atoms with Crippen molar-refractivity contribution in [3.8, 4) is 0 Å². The fourth-order valence-corrected chi connectivity index (χ4v) is 1.77. The molecular formula is C12H16Cl2N2O. The van der Waals surface area contributed by atoms with Crippen molar-refractivity contribution >= 4 is 34.9 Å². The highest BCUT2D eigenvalue weighted by Gasteiger charge is 2.07. The summed E-state index contributed by atoms with van der Waals surface area (Å²) in [5.41, 5.74) is 0.626. The molecule has 1 rings (SSSR count). The van der Waals surface area contributed by atoms with Crippen LogP contribution in [0.5, 0.6) is 0 Å². The maximum Gasteiger partial charge on any atom is 0.319 e. The van der Waals surface area contributed by atoms with Crippen molar-refractivity contribution in [2.24, 2.45) is 0 Å². The third kappa shape index (κ3) is 4.84. The fraction of sp³-hybridized carbons (Fsp3) is 0.417. The van der Waals surface area contributed by atoms with Gasteiger partial charge in [-0.1, -0.05) is 36.5 Å². The van der Waals surface area contributed by atoms with E-state index in [1.807, 2.05) is 6.92 Å². The zero-order valence-electron chi connectivity index (χ0n) is 9.89. The van der Waals surface area contributed by atoms with Gasteiger partial charge in [-0.25, -0.2) is 4.79 Å². The Kier molecular flexibility index (Phi) is 5.59. The molecule has 1 atom stereocenters. The summed E-state index contributed by atoms with van der Waals surface area (Å²) in [6.07, 6.45) is 1.99. The second-order valence-electron chi connectivity index (χ2n) is 3.92. The van der Waals surface area contributed by atoms with Crippen LogP contribution < -0.4 is 10.6 Å². The Morgan fingerprint density at radius 3 is 2.65 bits per heavy atom. The maximum absolute atomic E-state index is 11.6. The van der Waals surface area contributed by atoms with E-state index in [0.717, 1.165) is 12.8 Å². The summed E-state index contributed by atoms with van der Waals surface area (Å²) in [5, 5.41) is 6.44. The molecule has 0 unspecified atom stereocenters. The minimum Gasteiger partial charge on any atom is -0.335 e. The molecule has 0 spiro atoms. The molecule has 94 valence electrons. The first-order valence-corrected chi connectivity index (χ1v) is 6.31. The number of benzene rings is 1. The molecule has 0 aliphatic carbocycles. The van der Waals surface area contributed by atoms with Gasteiger partial charge in [0, 0.05) is 11.7 Å². The van der Waals surface area contributed by atoms with Gasteiger partial charge in [0.1, 0.15) is 0 Å². The number of halogens is 2. The summed E-state index contributed by atoms with van der Waals surface area (Å²) < 4.78 is 0. The number of nitrogens with one attached hydrogen (secondary N) is 2. The van der Waals surface area contributed by atoms with Gasteiger partial charge in [0.2, 0.25) is 0 Å². The average molecular weight is 275 g/mol. The van der Waals surface area contributed by atoms with Crippen LogP contribution in [-0.2, 0) is 0 Å². The molecule has 1 aromatic rings. The van der Waals surface area contributed by atoms with Crippen molar-refractivity contribution in [2.45, 2.75) is 32.7 Å². The first-order valence-electron chi connectivity index (χ1n) is 5.55. The van der Waals surface area contributed by atoms with Crippen molar-refractivity contribution in [2.75, 3.05) is 5.32 Å². The van der Waals surface area contributed by atoms with Gasteiger partial charge >= 0.3 is 6.03 Å². The van der Waals surface area contributed by atoms with Crippen LogP contribution in [-0.4, -0.2) is 12.1 Å². The lowest BCUT2D eigenvalue weighted by molar-refractivity contribution is 0.248. The molecule has 0 aliphatic heterocycles. The van der Waals surface area contributed by atoms with E-state index in [0.29, 0.717) is 15.7 Å². The maximum atomic E-state index is 11.6. The predicted octanol–water partition coefficient (Wildman–Crippen LogP) is 4.30. The molecule has 5 heteroatoms. The number of rotatable bonds is 4. The first-order chi connectivity index (χ1) is 8.02. The lowest BCUT2D eigenvalue weighted by atomic mass is 10.2. The summed E-state index contributed by atoms with van der Waals surface area (Å²) in [4.78, 5) is 11.6. The van der Waals surface area contributed by atoms with Crippen LogP contribution in [0.1, 0.15) is 26.7 Å². The number of amides is 2. The lowest BCUT2D eigenvalue weighted by Gasteiger charge is -2.13. The second kappa shape index (κ2) is 6.72. The van der Waals surface area contributed by atoms with Crippen LogP contribution in [0.15, 0.2) is 18.2 Å². The van der Waals surface area contributed by atoms with E-state index >= 15 is 0 Å². The first kappa shape index (κ1) is 14.1. The van der Waals surface area contributed by atoms with Gasteiger partial charge in [-0.05, 0) is 31.5 Å². The molecule has 1 aromatic carbocycles. The summed E-state index contributed by atoms with van der Waals surface area (Å²) in [6.45, 7) is 4.05. The average Bonchev–Trinajstić information content (AvgIpc) is 2.23. The molecule has 2 amide bonds. The second-order valence-corrected chi connectivity index (χ2v) is 4.73. The number of urea groups is 1. The molecule has 0 saturated carbocycles. The highest BCUT2D eigenvalue weighted by atomic mass is 35.5. The van der Waals surface area contributed by atoms with Crippen LogP contribution in [0.2, 0.25) is 10.0 Å². The molecule has 0 bridgehead atoms. The van der Waals surface area contributed by atoms with Crippen molar-refractivity contribution < 1.29 is 4.79 Å². The smallest absolute Gasteiger partial charge is 0.319 e. The van der Waals surface area contributed by atoms with E-state index in [9.17, 15) is 4.79 Å². The van der Waals surface area contributed by atoms with E-state index in [2.05, 4.69) is 17.6 Å². The van der Waals surface area contributed by atoms with Crippen LogP contribution in [0, 0.1) is 0 Å². The van der Waals surface area contributed by atoms with Crippen LogP contribution >= 0.6 is 23.2 Å². The highest BCUT2D eigenvalue weighted by molar-refractivity contribution is 6.42. The Hall–Kier alpha value is -0.930. The Morgan fingerprint density at radius 2 is 2.06 bits per heavy atom. The van der Waals surface area contributed by atoms with Gasteiger partial charge in [-0.2, -0.15) is 0 Å². The molecule has 3 nitrogen and oxygen atoms in total. The Labute approximate surface area is 111 Å². The topological polar surface area (TPSA) is 41.1 Å². The largest absolute Gasteiger partial charge is 0.335 e. The van der Waals surface area contributed by atoms with Gasteiger partial charge in [0.05, 0.1) is 10.0 Å². The van der Waals surface area contributed by atoms with Gasteiger partial charge in [-0.15, -0.1) is 0 Å². The third-order valence-corrected chi connectivity index (χ3v) is 3.02. The van der Waals surface area contributed by atoms with Crippen molar-refractivity contribution in [1.29, 1.82) is 0 Å². The number of hydrogen-bond acceptors (Lipinski definition) is 1. The molecule has 17 heavy (non-hydrogen) atoms. The zero-order valence-corrected chi connectivity index (χ0v) is 11.4. The summed E-state index contributed by atoms with van der Waals surface area (Å²) >= 11 is 11.6. The summed E-state index contributed by atoms with van der Waals surface area (Å²) in [7, 11) is 0. The molecule has 0 aromatic heterocycles. The molecule has 0 aliphatic rings. The monoisotopic (exact) mass is 274 g/mol. The van der Waals surface area contributed by atoms with Gasteiger partial charge in [-0.3, -0.25) is 0 Å². The number of carbonyl (C=O) groups excluding carboxylic acids is 1. The molecule has 0 radical (unpaired) electrons. The van der Waals surface area contributed by atoms with E-state index in [1.54, 1.807) is 18.2 Å². The number of anilines is 1. The minimum atomic E-state index is -0.232. The van der Waals surface area contributed by atoms with Gasteiger partial charge in [0.25, 0.3) is 0 Å². The van der Waals surface area contributed by atoms with Crippen molar-refractivity contribution in [3.05, 3.63) is 28.2 Å². The van der Waals surface area contributed by atoms with E-state index in [4.69, 9.17) is 23.2 Å². The highest BCUT2D eigenvalue weighted by Crippen LogP contribution is 2.24. The Bertz CT molecular complexity index is 396. The SMILES string of the molecule is CCC[C@@H](C)NC(=O)Nc1ccc(Cl)c(Cl)c1. The standard InChI is InChI=1S/C12H16Cl2N2O/c1-3-4-8(2)15-12(17)16-9-5-6-10(13)11(14)7-9/h5-8H,3-4H2,1-2H3,(H2,15,16,17)/t8-/m1/s1. The lowest BCUT2D eigenvalue weighted by Crippen LogP contribution is -2.35. The van der Waals surface area contributed by atoms with E-state index in [1.165, 1.54) is 0 Å². The zero-order chi connectivity index (χ0) is 12.8. The van der Waals surface area contributed by atoms with Gasteiger partial charge in [0.15, 0.2) is 0 Å². The van der Waals surface area contributed by atoms with Crippen molar-refractivity contribution in [3.63, 3.8) is 0 Å². The molecule has 0 fully saturated rings. The summed E-state index contributed by atoms with van der Waals surface area (Å²) in [6, 6.07) is 4.90. The Morgan fingerprint density at radius 1 is 1.35 bits per heavy atom. The van der Waals surface area contributed by atoms with Gasteiger partial charge < -0.3 is 10.6 Å². The predicted molar refractivity (Wildman–Crippen MR) is 73.0 cm³/mol.